The molecule has 1 N–H and O–H groups in total. The number of alkyl halides is 6. The Morgan fingerprint density at radius 1 is 1.00 bits per heavy atom. The maximum Gasteiger partial charge on any atom is 0.449 e. The largest absolute Gasteiger partial charge is 0.449 e. The Balaban J connectivity index is 2.78. The van der Waals surface area contributed by atoms with Crippen molar-refractivity contribution < 1.29 is 26.3 Å². The second-order valence-corrected chi connectivity index (χ2v) is 4.25. The third kappa shape index (κ3) is 2.18. The van der Waals surface area contributed by atoms with Gasteiger partial charge in [-0.1, -0.05) is 0 Å². The van der Waals surface area contributed by atoms with Crippen molar-refractivity contribution in [2.45, 2.75) is 12.4 Å². The standard InChI is InChI=1S/C9H3BrF6N2/c10-4-2-1-3(8(11,12)13)5-6(4)18-7(17-5)9(14,15)16/h1-2H,(H,17,18). The molecule has 0 aliphatic rings. The number of rotatable bonds is 0. The molecular formula is C9H3BrF6N2. The van der Waals surface area contributed by atoms with Gasteiger partial charge in [0.1, 0.15) is 5.52 Å². The average Bonchev–Trinajstić information content (AvgIpc) is 2.60. The van der Waals surface area contributed by atoms with Gasteiger partial charge in [-0.2, -0.15) is 26.3 Å². The molecule has 9 heteroatoms. The SMILES string of the molecule is FC(F)(F)c1nc2c(C(F)(F)F)ccc(Br)c2[nH]1. The van der Waals surface area contributed by atoms with Gasteiger partial charge in [-0.3, -0.25) is 0 Å². The zero-order chi connectivity index (χ0) is 13.7. The van der Waals surface area contributed by atoms with Gasteiger partial charge in [0.05, 0.1) is 11.1 Å². The topological polar surface area (TPSA) is 28.7 Å². The van der Waals surface area contributed by atoms with Crippen molar-refractivity contribution in [1.82, 2.24) is 9.97 Å². The van der Waals surface area contributed by atoms with Gasteiger partial charge in [-0.15, -0.1) is 0 Å². The van der Waals surface area contributed by atoms with Crippen LogP contribution in [-0.2, 0) is 12.4 Å². The van der Waals surface area contributed by atoms with Crippen LogP contribution in [0.5, 0.6) is 0 Å². The number of aromatic amines is 1. The summed E-state index contributed by atoms with van der Waals surface area (Å²) in [6.45, 7) is 0. The van der Waals surface area contributed by atoms with Crippen LogP contribution in [0.2, 0.25) is 0 Å². The fourth-order valence-electron chi connectivity index (χ4n) is 1.42. The van der Waals surface area contributed by atoms with E-state index >= 15 is 0 Å². The molecule has 1 aromatic carbocycles. The van der Waals surface area contributed by atoms with Gasteiger partial charge in [0.15, 0.2) is 0 Å². The Morgan fingerprint density at radius 3 is 2.11 bits per heavy atom. The van der Waals surface area contributed by atoms with Gasteiger partial charge in [-0.25, -0.2) is 4.98 Å². The molecule has 0 aliphatic heterocycles. The number of benzene rings is 1. The molecule has 2 rings (SSSR count). The molecule has 1 heterocycles. The minimum Gasteiger partial charge on any atom is -0.333 e. The normalized spacial score (nSPS) is 13.3. The number of hydrogen-bond acceptors (Lipinski definition) is 1. The summed E-state index contributed by atoms with van der Waals surface area (Å²) in [5, 5.41) is 0. The summed E-state index contributed by atoms with van der Waals surface area (Å²) in [5.41, 5.74) is -2.31. The van der Waals surface area contributed by atoms with Gasteiger partial charge < -0.3 is 4.98 Å². The van der Waals surface area contributed by atoms with Crippen molar-refractivity contribution in [1.29, 1.82) is 0 Å². The predicted molar refractivity (Wildman–Crippen MR) is 53.8 cm³/mol. The molecule has 2 aromatic rings. The van der Waals surface area contributed by atoms with Gasteiger partial charge >= 0.3 is 12.4 Å². The number of fused-ring (bicyclic) bond motifs is 1. The lowest BCUT2D eigenvalue weighted by Gasteiger charge is -2.07. The molecular weight excluding hydrogens is 330 g/mol. The van der Waals surface area contributed by atoms with E-state index in [1.807, 2.05) is 4.98 Å². The van der Waals surface area contributed by atoms with Crippen molar-refractivity contribution in [3.63, 3.8) is 0 Å². The first kappa shape index (κ1) is 13.2. The Labute approximate surface area is 104 Å². The Hall–Kier alpha value is -1.25. The second-order valence-electron chi connectivity index (χ2n) is 3.40. The lowest BCUT2D eigenvalue weighted by molar-refractivity contribution is -0.144. The van der Waals surface area contributed by atoms with Gasteiger partial charge in [-0.05, 0) is 28.1 Å². The Morgan fingerprint density at radius 2 is 1.61 bits per heavy atom. The molecule has 2 nitrogen and oxygen atoms in total. The van der Waals surface area contributed by atoms with Gasteiger partial charge in [0.2, 0.25) is 5.82 Å². The zero-order valence-corrected chi connectivity index (χ0v) is 9.83. The molecule has 0 amide bonds. The Kier molecular flexibility index (Phi) is 2.84. The molecule has 0 atom stereocenters. The van der Waals surface area contributed by atoms with Crippen LogP contribution in [0.15, 0.2) is 16.6 Å². The van der Waals surface area contributed by atoms with Crippen molar-refractivity contribution in [2.24, 2.45) is 0 Å². The minimum atomic E-state index is -4.83. The summed E-state index contributed by atoms with van der Waals surface area (Å²) < 4.78 is 75.1. The molecule has 0 saturated heterocycles. The van der Waals surface area contributed by atoms with Crippen LogP contribution in [0.4, 0.5) is 26.3 Å². The number of nitrogens with one attached hydrogen (secondary N) is 1. The van der Waals surface area contributed by atoms with E-state index in [4.69, 9.17) is 0 Å². The van der Waals surface area contributed by atoms with E-state index in [1.54, 1.807) is 0 Å². The van der Waals surface area contributed by atoms with Crippen molar-refractivity contribution >= 4 is 27.0 Å². The van der Waals surface area contributed by atoms with Crippen LogP contribution in [0.25, 0.3) is 11.0 Å². The lowest BCUT2D eigenvalue weighted by Crippen LogP contribution is -2.08. The van der Waals surface area contributed by atoms with Crippen LogP contribution >= 0.6 is 15.9 Å². The van der Waals surface area contributed by atoms with Gasteiger partial charge in [0.25, 0.3) is 0 Å². The molecule has 18 heavy (non-hydrogen) atoms. The molecule has 1 aromatic heterocycles. The summed E-state index contributed by atoms with van der Waals surface area (Å²) in [6, 6.07) is 1.69. The van der Waals surface area contributed by atoms with Crippen LogP contribution in [0.3, 0.4) is 0 Å². The fraction of sp³-hybridized carbons (Fsp3) is 0.222. The first-order chi connectivity index (χ1) is 8.10. The lowest BCUT2D eigenvalue weighted by atomic mass is 10.2. The van der Waals surface area contributed by atoms with E-state index in [-0.39, 0.29) is 9.99 Å². The van der Waals surface area contributed by atoms with Crippen LogP contribution in [0.1, 0.15) is 11.4 Å². The van der Waals surface area contributed by atoms with E-state index in [2.05, 4.69) is 20.9 Å². The molecule has 0 saturated carbocycles. The smallest absolute Gasteiger partial charge is 0.333 e. The molecule has 0 unspecified atom stereocenters. The highest BCUT2D eigenvalue weighted by atomic mass is 79.9. The summed E-state index contributed by atoms with van der Waals surface area (Å²) in [6.07, 6.45) is -9.60. The number of aromatic nitrogens is 2. The van der Waals surface area contributed by atoms with E-state index in [0.29, 0.717) is 6.07 Å². The number of hydrogen-bond donors (Lipinski definition) is 1. The van der Waals surface area contributed by atoms with E-state index in [1.165, 1.54) is 0 Å². The third-order valence-electron chi connectivity index (χ3n) is 2.17. The highest BCUT2D eigenvalue weighted by molar-refractivity contribution is 9.10. The quantitative estimate of drug-likeness (QED) is 0.713. The predicted octanol–water partition coefficient (Wildman–Crippen LogP) is 4.36. The summed E-state index contributed by atoms with van der Waals surface area (Å²) in [5.74, 6) is -1.46. The minimum absolute atomic E-state index is 0.0773. The maximum absolute atomic E-state index is 12.6. The second kappa shape index (κ2) is 3.87. The summed E-state index contributed by atoms with van der Waals surface area (Å²) in [4.78, 5) is 4.81. The average molecular weight is 333 g/mol. The van der Waals surface area contributed by atoms with E-state index in [0.717, 1.165) is 6.07 Å². The van der Waals surface area contributed by atoms with Crippen molar-refractivity contribution in [3.05, 3.63) is 28.0 Å². The van der Waals surface area contributed by atoms with Crippen LogP contribution in [-0.4, -0.2) is 9.97 Å². The van der Waals surface area contributed by atoms with E-state index in [9.17, 15) is 26.3 Å². The number of imidazole rings is 1. The molecule has 0 fully saturated rings. The molecule has 0 aliphatic carbocycles. The van der Waals surface area contributed by atoms with Crippen LogP contribution in [0, 0.1) is 0 Å². The highest BCUT2D eigenvalue weighted by Gasteiger charge is 2.38. The first-order valence-electron chi connectivity index (χ1n) is 4.43. The molecule has 0 spiro atoms. The fourth-order valence-corrected chi connectivity index (χ4v) is 1.84. The number of H-pyrrole nitrogens is 1. The number of nitrogens with zero attached hydrogens (tertiary/aromatic N) is 1. The van der Waals surface area contributed by atoms with Gasteiger partial charge in [0, 0.05) is 4.47 Å². The van der Waals surface area contributed by atoms with Crippen LogP contribution < -0.4 is 0 Å². The Bertz CT molecular complexity index is 597. The van der Waals surface area contributed by atoms with Crippen molar-refractivity contribution in [3.8, 4) is 0 Å². The molecule has 98 valence electrons. The van der Waals surface area contributed by atoms with Crippen molar-refractivity contribution in [2.75, 3.05) is 0 Å². The summed E-state index contributed by atoms with van der Waals surface area (Å²) >= 11 is 2.87. The number of halogens is 7. The van der Waals surface area contributed by atoms with E-state index < -0.39 is 29.3 Å². The molecule has 0 bridgehead atoms. The molecule has 0 radical (unpaired) electrons. The summed E-state index contributed by atoms with van der Waals surface area (Å²) in [7, 11) is 0. The zero-order valence-electron chi connectivity index (χ0n) is 8.25. The first-order valence-corrected chi connectivity index (χ1v) is 5.22. The monoisotopic (exact) mass is 332 g/mol. The third-order valence-corrected chi connectivity index (χ3v) is 2.83. The highest BCUT2D eigenvalue weighted by Crippen LogP contribution is 2.38. The maximum atomic E-state index is 12.6.